The van der Waals surface area contributed by atoms with Crippen molar-refractivity contribution < 1.29 is 23.0 Å². The van der Waals surface area contributed by atoms with Crippen LogP contribution in [-0.4, -0.2) is 17.9 Å². The first-order valence-corrected chi connectivity index (χ1v) is 7.97. The number of ether oxygens (including phenoxy) is 1. The summed E-state index contributed by atoms with van der Waals surface area (Å²) in [5.41, 5.74) is -2.56. The third-order valence-corrected chi connectivity index (χ3v) is 4.26. The Kier molecular flexibility index (Phi) is 4.74. The van der Waals surface area contributed by atoms with E-state index in [2.05, 4.69) is 6.58 Å². The van der Waals surface area contributed by atoms with Crippen molar-refractivity contribution in [2.24, 2.45) is 0 Å². The Morgan fingerprint density at radius 2 is 1.58 bits per heavy atom. The Hall–Kier alpha value is -2.79. The van der Waals surface area contributed by atoms with E-state index in [1.807, 2.05) is 0 Å². The SMILES string of the molecule is C=Cc1ccc(OCC(O)(c2ccc3ccccc3c2)C(F)(F)F)cc1. The van der Waals surface area contributed by atoms with Crippen molar-refractivity contribution >= 4 is 16.8 Å². The number of hydrogen-bond donors (Lipinski definition) is 1. The predicted octanol–water partition coefficient (Wildman–Crippen LogP) is 5.31. The second-order valence-corrected chi connectivity index (χ2v) is 5.98. The molecule has 2 nitrogen and oxygen atoms in total. The lowest BCUT2D eigenvalue weighted by Gasteiger charge is -2.31. The second-order valence-electron chi connectivity index (χ2n) is 5.98. The topological polar surface area (TPSA) is 29.5 Å². The van der Waals surface area contributed by atoms with Crippen molar-refractivity contribution in [3.05, 3.63) is 84.4 Å². The molecule has 3 aromatic carbocycles. The largest absolute Gasteiger partial charge is 0.490 e. The summed E-state index contributed by atoms with van der Waals surface area (Å²) in [4.78, 5) is 0. The van der Waals surface area contributed by atoms with Crippen LogP contribution in [0.4, 0.5) is 13.2 Å². The van der Waals surface area contributed by atoms with E-state index < -0.39 is 18.4 Å². The minimum atomic E-state index is -4.89. The molecule has 0 saturated carbocycles. The molecule has 134 valence electrons. The van der Waals surface area contributed by atoms with Gasteiger partial charge in [0.25, 0.3) is 0 Å². The van der Waals surface area contributed by atoms with E-state index in [1.165, 1.54) is 24.3 Å². The van der Waals surface area contributed by atoms with E-state index in [0.717, 1.165) is 10.9 Å². The van der Waals surface area contributed by atoms with Crippen LogP contribution in [0, 0.1) is 0 Å². The van der Waals surface area contributed by atoms with Crippen LogP contribution in [0.5, 0.6) is 5.75 Å². The summed E-state index contributed by atoms with van der Waals surface area (Å²) in [6.45, 7) is 2.67. The number of fused-ring (bicyclic) bond motifs is 1. The molecule has 5 heteroatoms. The smallest absolute Gasteiger partial charge is 0.424 e. The van der Waals surface area contributed by atoms with Crippen LogP contribution in [0.1, 0.15) is 11.1 Å². The van der Waals surface area contributed by atoms with Crippen LogP contribution in [-0.2, 0) is 5.60 Å². The molecular formula is C21H17F3O2. The lowest BCUT2D eigenvalue weighted by atomic mass is 9.92. The van der Waals surface area contributed by atoms with E-state index in [0.29, 0.717) is 5.39 Å². The molecular weight excluding hydrogens is 341 g/mol. The molecule has 0 aromatic heterocycles. The molecule has 0 saturated heterocycles. The summed E-state index contributed by atoms with van der Waals surface area (Å²) < 4.78 is 46.3. The first-order valence-electron chi connectivity index (χ1n) is 7.97. The highest BCUT2D eigenvalue weighted by molar-refractivity contribution is 5.83. The van der Waals surface area contributed by atoms with Gasteiger partial charge in [-0.2, -0.15) is 13.2 Å². The Morgan fingerprint density at radius 1 is 0.923 bits per heavy atom. The number of hydrogen-bond acceptors (Lipinski definition) is 2. The van der Waals surface area contributed by atoms with Crippen molar-refractivity contribution in [1.82, 2.24) is 0 Å². The number of benzene rings is 3. The molecule has 0 amide bonds. The molecule has 3 aromatic rings. The van der Waals surface area contributed by atoms with Crippen molar-refractivity contribution in [2.45, 2.75) is 11.8 Å². The van der Waals surface area contributed by atoms with Gasteiger partial charge in [0, 0.05) is 0 Å². The summed E-state index contributed by atoms with van der Waals surface area (Å²) in [5, 5.41) is 11.9. The standard InChI is InChI=1S/C21H17F3O2/c1-2-15-7-11-19(12-8-15)26-14-20(25,21(22,23)24)18-10-9-16-5-3-4-6-17(16)13-18/h2-13,25H,1,14H2. The van der Waals surface area contributed by atoms with E-state index >= 15 is 0 Å². The van der Waals surface area contributed by atoms with Crippen LogP contribution >= 0.6 is 0 Å². The van der Waals surface area contributed by atoms with Gasteiger partial charge >= 0.3 is 6.18 Å². The van der Waals surface area contributed by atoms with Crippen molar-refractivity contribution in [3.8, 4) is 5.75 Å². The molecule has 0 bridgehead atoms. The number of halogens is 3. The van der Waals surface area contributed by atoms with Gasteiger partial charge in [0.15, 0.2) is 0 Å². The van der Waals surface area contributed by atoms with Crippen LogP contribution < -0.4 is 4.74 Å². The fourth-order valence-corrected chi connectivity index (χ4v) is 2.66. The average Bonchev–Trinajstić information content (AvgIpc) is 2.65. The van der Waals surface area contributed by atoms with E-state index in [4.69, 9.17) is 4.74 Å². The normalized spacial score (nSPS) is 14.0. The summed E-state index contributed by atoms with van der Waals surface area (Å²) >= 11 is 0. The molecule has 0 spiro atoms. The Morgan fingerprint density at radius 3 is 2.19 bits per heavy atom. The van der Waals surface area contributed by atoms with Gasteiger partial charge in [-0.05, 0) is 40.1 Å². The highest BCUT2D eigenvalue weighted by atomic mass is 19.4. The van der Waals surface area contributed by atoms with Crippen LogP contribution in [0.3, 0.4) is 0 Å². The average molecular weight is 358 g/mol. The van der Waals surface area contributed by atoms with Crippen molar-refractivity contribution in [2.75, 3.05) is 6.61 Å². The highest BCUT2D eigenvalue weighted by Crippen LogP contribution is 2.40. The maximum Gasteiger partial charge on any atom is 0.424 e. The highest BCUT2D eigenvalue weighted by Gasteiger charge is 2.56. The summed E-state index contributed by atoms with van der Waals surface area (Å²) in [7, 11) is 0. The fraction of sp³-hybridized carbons (Fsp3) is 0.143. The molecule has 3 rings (SSSR count). The maximum absolute atomic E-state index is 13.7. The lowest BCUT2D eigenvalue weighted by Crippen LogP contribution is -2.47. The molecule has 1 unspecified atom stereocenters. The molecule has 1 N–H and O–H groups in total. The number of rotatable bonds is 5. The van der Waals surface area contributed by atoms with Gasteiger partial charge in [0.05, 0.1) is 0 Å². The molecule has 0 aliphatic rings. The molecule has 0 aliphatic heterocycles. The van der Waals surface area contributed by atoms with Crippen molar-refractivity contribution in [1.29, 1.82) is 0 Å². The number of aliphatic hydroxyl groups is 1. The van der Waals surface area contributed by atoms with E-state index in [9.17, 15) is 18.3 Å². The van der Waals surface area contributed by atoms with Gasteiger partial charge in [-0.15, -0.1) is 0 Å². The third kappa shape index (κ3) is 3.44. The fourth-order valence-electron chi connectivity index (χ4n) is 2.66. The molecule has 1 atom stereocenters. The first-order chi connectivity index (χ1) is 12.3. The molecule has 0 radical (unpaired) electrons. The first kappa shape index (κ1) is 18.0. The van der Waals surface area contributed by atoms with Gasteiger partial charge in [-0.25, -0.2) is 0 Å². The van der Waals surface area contributed by atoms with Gasteiger partial charge in [0.1, 0.15) is 12.4 Å². The van der Waals surface area contributed by atoms with Crippen LogP contribution in [0.25, 0.3) is 16.8 Å². The lowest BCUT2D eigenvalue weighted by molar-refractivity contribution is -0.275. The van der Waals surface area contributed by atoms with Gasteiger partial charge in [-0.3, -0.25) is 0 Å². The summed E-state index contributed by atoms with van der Waals surface area (Å²) in [6, 6.07) is 17.6. The van der Waals surface area contributed by atoms with Crippen molar-refractivity contribution in [3.63, 3.8) is 0 Å². The van der Waals surface area contributed by atoms with Gasteiger partial charge in [-0.1, -0.05) is 61.2 Å². The number of alkyl halides is 3. The zero-order chi connectivity index (χ0) is 18.8. The zero-order valence-corrected chi connectivity index (χ0v) is 13.8. The monoisotopic (exact) mass is 358 g/mol. The molecule has 0 fully saturated rings. The van der Waals surface area contributed by atoms with Gasteiger partial charge in [0.2, 0.25) is 5.60 Å². The third-order valence-electron chi connectivity index (χ3n) is 4.26. The summed E-state index contributed by atoms with van der Waals surface area (Å²) in [5.74, 6) is 0.235. The Balaban J connectivity index is 1.93. The minimum Gasteiger partial charge on any atom is -0.490 e. The minimum absolute atomic E-state index is 0.235. The van der Waals surface area contributed by atoms with Gasteiger partial charge < -0.3 is 9.84 Å². The summed E-state index contributed by atoms with van der Waals surface area (Å²) in [6.07, 6.45) is -3.28. The quantitative estimate of drug-likeness (QED) is 0.670. The second kappa shape index (κ2) is 6.84. The zero-order valence-electron chi connectivity index (χ0n) is 13.8. The molecule has 0 aliphatic carbocycles. The van der Waals surface area contributed by atoms with E-state index in [-0.39, 0.29) is 11.3 Å². The van der Waals surface area contributed by atoms with Crippen LogP contribution in [0.15, 0.2) is 73.3 Å². The Bertz CT molecular complexity index is 916. The Labute approximate surface area is 149 Å². The molecule has 26 heavy (non-hydrogen) atoms. The molecule has 0 heterocycles. The predicted molar refractivity (Wildman–Crippen MR) is 95.9 cm³/mol. The van der Waals surface area contributed by atoms with E-state index in [1.54, 1.807) is 48.5 Å². The maximum atomic E-state index is 13.7. The van der Waals surface area contributed by atoms with Crippen LogP contribution in [0.2, 0.25) is 0 Å².